The molecule has 1 aliphatic rings. The van der Waals surface area contributed by atoms with Gasteiger partial charge in [0.1, 0.15) is 5.82 Å². The van der Waals surface area contributed by atoms with Crippen molar-refractivity contribution < 1.29 is 9.50 Å². The summed E-state index contributed by atoms with van der Waals surface area (Å²) in [5.74, 6) is -0.274. The van der Waals surface area contributed by atoms with Gasteiger partial charge in [-0.15, -0.1) is 0 Å². The smallest absolute Gasteiger partial charge is 0.194 e. The minimum Gasteiger partial charge on any atom is -0.401 e. The van der Waals surface area contributed by atoms with Gasteiger partial charge >= 0.3 is 0 Å². The highest BCUT2D eigenvalue weighted by Gasteiger charge is 2.24. The minimum absolute atomic E-state index is 0.274. The zero-order valence-electron chi connectivity index (χ0n) is 6.22. The van der Waals surface area contributed by atoms with E-state index in [1.807, 2.05) is 6.07 Å². The van der Waals surface area contributed by atoms with Crippen LogP contribution in [0.15, 0.2) is 16.6 Å². The third kappa shape index (κ3) is 1.19. The van der Waals surface area contributed by atoms with Crippen LogP contribution in [0.25, 0.3) is 0 Å². The summed E-state index contributed by atoms with van der Waals surface area (Å²) in [4.78, 5) is 0. The van der Waals surface area contributed by atoms with Gasteiger partial charge in [0.2, 0.25) is 0 Å². The van der Waals surface area contributed by atoms with Crippen molar-refractivity contribution in [3.63, 3.8) is 0 Å². The molecule has 0 saturated heterocycles. The van der Waals surface area contributed by atoms with Crippen molar-refractivity contribution in [3.05, 3.63) is 28.0 Å². The summed E-state index contributed by atoms with van der Waals surface area (Å²) in [7, 11) is 1.55. The molecular formula is C8H6BBrFO. The molecule has 1 aliphatic heterocycles. The maximum atomic E-state index is 13.3. The highest BCUT2D eigenvalue weighted by atomic mass is 79.9. The van der Waals surface area contributed by atoms with Gasteiger partial charge in [-0.1, -0.05) is 6.07 Å². The Balaban J connectivity index is 2.54. The van der Waals surface area contributed by atoms with Crippen molar-refractivity contribution in [2.75, 3.05) is 0 Å². The first-order valence-corrected chi connectivity index (χ1v) is 4.47. The van der Waals surface area contributed by atoms with Crippen LogP contribution in [0.1, 0.15) is 5.56 Å². The Kier molecular flexibility index (Phi) is 1.97. The fourth-order valence-corrected chi connectivity index (χ4v) is 1.79. The van der Waals surface area contributed by atoms with Gasteiger partial charge in [0.15, 0.2) is 7.28 Å². The Morgan fingerprint density at radius 3 is 3.08 bits per heavy atom. The van der Waals surface area contributed by atoms with Gasteiger partial charge in [0.05, 0.1) is 4.47 Å². The summed E-state index contributed by atoms with van der Waals surface area (Å²) in [5.41, 5.74) is 1.42. The summed E-state index contributed by atoms with van der Waals surface area (Å²) < 4.78 is 13.7. The normalized spacial score (nSPS) is 20.4. The molecule has 1 nitrogen and oxygen atoms in total. The second-order valence-electron chi connectivity index (χ2n) is 2.87. The predicted molar refractivity (Wildman–Crippen MR) is 49.2 cm³/mol. The van der Waals surface area contributed by atoms with Crippen LogP contribution in [-0.2, 0) is 6.42 Å². The molecule has 0 aromatic heterocycles. The van der Waals surface area contributed by atoms with Crippen LogP contribution in [0.2, 0.25) is 0 Å². The molecule has 1 heterocycles. The van der Waals surface area contributed by atoms with Crippen molar-refractivity contribution in [2.24, 2.45) is 0 Å². The van der Waals surface area contributed by atoms with Crippen LogP contribution in [0.4, 0.5) is 4.39 Å². The first kappa shape index (κ1) is 8.26. The van der Waals surface area contributed by atoms with Crippen LogP contribution in [0.3, 0.4) is 0 Å². The van der Waals surface area contributed by atoms with Crippen LogP contribution >= 0.6 is 15.9 Å². The molecule has 1 N–H and O–H groups in total. The Morgan fingerprint density at radius 2 is 2.33 bits per heavy atom. The van der Waals surface area contributed by atoms with Gasteiger partial charge in [-0.25, -0.2) is 4.39 Å². The van der Waals surface area contributed by atoms with Gasteiger partial charge in [0.25, 0.3) is 0 Å². The first-order valence-electron chi connectivity index (χ1n) is 3.68. The molecule has 1 radical (unpaired) electrons. The number of aliphatic hydroxyl groups is 1. The van der Waals surface area contributed by atoms with Crippen molar-refractivity contribution in [1.82, 2.24) is 0 Å². The van der Waals surface area contributed by atoms with Gasteiger partial charge in [-0.3, -0.25) is 0 Å². The molecule has 61 valence electrons. The number of rotatable bonds is 0. The molecule has 0 fully saturated rings. The quantitative estimate of drug-likeness (QED) is 0.650. The summed E-state index contributed by atoms with van der Waals surface area (Å²) in [6.45, 7) is 0. The molecule has 12 heavy (non-hydrogen) atoms. The van der Waals surface area contributed by atoms with Crippen LogP contribution in [0, 0.1) is 5.82 Å². The zero-order valence-corrected chi connectivity index (χ0v) is 7.81. The van der Waals surface area contributed by atoms with Crippen molar-refractivity contribution in [1.29, 1.82) is 0 Å². The standard InChI is InChI=1S/C8H6BBrFO/c10-5-2-1-4-3-6(12)9-7(4)8(5)11/h1-2,6,12H,3H2. The Hall–Kier alpha value is -0.345. The zero-order chi connectivity index (χ0) is 8.72. The number of fused-ring (bicyclic) bond motifs is 1. The molecule has 0 amide bonds. The number of aliphatic hydroxyl groups excluding tert-OH is 1. The number of halogens is 2. The lowest BCUT2D eigenvalue weighted by Crippen LogP contribution is -2.23. The molecule has 0 spiro atoms. The molecule has 1 aromatic carbocycles. The second kappa shape index (κ2) is 2.85. The molecule has 4 heteroatoms. The largest absolute Gasteiger partial charge is 0.401 e. The van der Waals surface area contributed by atoms with E-state index in [0.29, 0.717) is 16.4 Å². The summed E-state index contributed by atoms with van der Waals surface area (Å²) in [6.07, 6.45) is 0.527. The lowest BCUT2D eigenvalue weighted by atomic mass is 9.69. The third-order valence-electron chi connectivity index (χ3n) is 2.01. The number of benzene rings is 1. The summed E-state index contributed by atoms with van der Waals surface area (Å²) >= 11 is 3.09. The second-order valence-corrected chi connectivity index (χ2v) is 3.73. The van der Waals surface area contributed by atoms with E-state index in [-0.39, 0.29) is 5.82 Å². The highest BCUT2D eigenvalue weighted by molar-refractivity contribution is 9.10. The molecule has 0 aliphatic carbocycles. The lowest BCUT2D eigenvalue weighted by molar-refractivity contribution is 0.258. The predicted octanol–water partition coefficient (Wildman–Crippen LogP) is 0.792. The average Bonchev–Trinajstić information content (AvgIpc) is 2.39. The average molecular weight is 228 g/mol. The monoisotopic (exact) mass is 227 g/mol. The van der Waals surface area contributed by atoms with Crippen LogP contribution < -0.4 is 5.46 Å². The molecular weight excluding hydrogens is 222 g/mol. The molecule has 2 rings (SSSR count). The van der Waals surface area contributed by atoms with Crippen molar-refractivity contribution in [3.8, 4) is 0 Å². The Bertz CT molecular complexity index is 329. The van der Waals surface area contributed by atoms with Crippen molar-refractivity contribution >= 4 is 28.7 Å². The Labute approximate surface area is 79.0 Å². The SMILES string of the molecule is OC1[B]c2c(ccc(Br)c2F)C1. The molecule has 0 saturated carbocycles. The van der Waals surface area contributed by atoms with E-state index < -0.39 is 6.00 Å². The molecule has 1 aromatic rings. The van der Waals surface area contributed by atoms with E-state index in [1.165, 1.54) is 0 Å². The molecule has 0 bridgehead atoms. The van der Waals surface area contributed by atoms with Crippen LogP contribution in [0.5, 0.6) is 0 Å². The third-order valence-corrected chi connectivity index (χ3v) is 2.62. The van der Waals surface area contributed by atoms with Gasteiger partial charge in [-0.05, 0) is 39.4 Å². The number of hydrogen-bond donors (Lipinski definition) is 1. The van der Waals surface area contributed by atoms with E-state index in [4.69, 9.17) is 0 Å². The fraction of sp³-hybridized carbons (Fsp3) is 0.250. The van der Waals surface area contributed by atoms with Gasteiger partial charge in [-0.2, -0.15) is 0 Å². The van der Waals surface area contributed by atoms with Gasteiger partial charge < -0.3 is 5.11 Å². The number of hydrogen-bond acceptors (Lipinski definition) is 1. The topological polar surface area (TPSA) is 20.2 Å². The van der Waals surface area contributed by atoms with Crippen LogP contribution in [-0.4, -0.2) is 18.4 Å². The maximum absolute atomic E-state index is 13.3. The lowest BCUT2D eigenvalue weighted by Gasteiger charge is -2.01. The Morgan fingerprint density at radius 1 is 1.58 bits per heavy atom. The summed E-state index contributed by atoms with van der Waals surface area (Å²) in [6, 6.07) is 2.97. The van der Waals surface area contributed by atoms with E-state index in [9.17, 15) is 9.50 Å². The molecule has 1 unspecified atom stereocenters. The summed E-state index contributed by atoms with van der Waals surface area (Å²) in [5, 5.41) is 9.23. The van der Waals surface area contributed by atoms with E-state index >= 15 is 0 Å². The highest BCUT2D eigenvalue weighted by Crippen LogP contribution is 2.18. The maximum Gasteiger partial charge on any atom is 0.194 e. The van der Waals surface area contributed by atoms with E-state index in [1.54, 1.807) is 13.3 Å². The van der Waals surface area contributed by atoms with Gasteiger partial charge in [0, 0.05) is 6.00 Å². The van der Waals surface area contributed by atoms with E-state index in [2.05, 4.69) is 15.9 Å². The minimum atomic E-state index is -0.524. The first-order chi connectivity index (χ1) is 5.68. The molecule has 1 atom stereocenters. The fourth-order valence-electron chi connectivity index (χ4n) is 1.44. The van der Waals surface area contributed by atoms with Crippen molar-refractivity contribution in [2.45, 2.75) is 12.4 Å². The van der Waals surface area contributed by atoms with E-state index in [0.717, 1.165) is 5.56 Å².